The first-order valence-corrected chi connectivity index (χ1v) is 7.10. The smallest absolute Gasteiger partial charge is 0.119 e. The highest BCUT2D eigenvalue weighted by molar-refractivity contribution is 5.74. The molecule has 3 aromatic rings. The van der Waals surface area contributed by atoms with E-state index in [0.29, 0.717) is 0 Å². The van der Waals surface area contributed by atoms with E-state index in [1.165, 1.54) is 0 Å². The van der Waals surface area contributed by atoms with Crippen LogP contribution in [0.5, 0.6) is 11.5 Å². The maximum Gasteiger partial charge on any atom is 0.119 e. The molecule has 2 nitrogen and oxygen atoms in total. The molecule has 0 aromatic heterocycles. The van der Waals surface area contributed by atoms with Gasteiger partial charge in [0.1, 0.15) is 11.5 Å². The average molecular weight is 289 g/mol. The molecule has 0 bridgehead atoms. The van der Waals surface area contributed by atoms with Crippen LogP contribution < -0.4 is 9.47 Å². The first-order valence-electron chi connectivity index (χ1n) is 7.10. The summed E-state index contributed by atoms with van der Waals surface area (Å²) in [6, 6.07) is 25.4. The van der Waals surface area contributed by atoms with Crippen LogP contribution in [-0.4, -0.2) is 14.2 Å². The largest absolute Gasteiger partial charge is 0.497 e. The van der Waals surface area contributed by atoms with Crippen molar-refractivity contribution in [1.29, 1.82) is 0 Å². The summed E-state index contributed by atoms with van der Waals surface area (Å²) in [4.78, 5) is 0. The molecular weight excluding hydrogens is 272 g/mol. The molecule has 0 saturated heterocycles. The van der Waals surface area contributed by atoms with E-state index >= 15 is 0 Å². The predicted molar refractivity (Wildman–Crippen MR) is 89.3 cm³/mol. The molecule has 0 aliphatic carbocycles. The van der Waals surface area contributed by atoms with Gasteiger partial charge in [-0.3, -0.25) is 0 Å². The van der Waals surface area contributed by atoms with Crippen LogP contribution in [0.15, 0.2) is 66.7 Å². The fraction of sp³-hybridized carbons (Fsp3) is 0.100. The topological polar surface area (TPSA) is 18.5 Å². The second-order valence-electron chi connectivity index (χ2n) is 4.97. The molecule has 0 atom stereocenters. The van der Waals surface area contributed by atoms with E-state index in [2.05, 4.69) is 24.3 Å². The van der Waals surface area contributed by atoms with Gasteiger partial charge >= 0.3 is 0 Å². The number of hydrogen-bond acceptors (Lipinski definition) is 2. The van der Waals surface area contributed by atoms with Crippen molar-refractivity contribution in [2.24, 2.45) is 0 Å². The number of hydrogen-bond donors (Lipinski definition) is 0. The third-order valence-electron chi connectivity index (χ3n) is 3.59. The fourth-order valence-corrected chi connectivity index (χ4v) is 2.41. The highest BCUT2D eigenvalue weighted by Crippen LogP contribution is 2.29. The van der Waals surface area contributed by atoms with Crippen molar-refractivity contribution in [2.75, 3.05) is 14.2 Å². The van der Waals surface area contributed by atoms with Crippen molar-refractivity contribution in [3.63, 3.8) is 0 Å². The van der Waals surface area contributed by atoms with E-state index < -0.39 is 0 Å². The van der Waals surface area contributed by atoms with Gasteiger partial charge in [-0.15, -0.1) is 0 Å². The number of benzene rings is 3. The molecule has 3 aromatic carbocycles. The SMILES string of the molecule is COc1cccc(-c2c[c]cc(-c3cccc(OC)c3)c2)c1. The first-order chi connectivity index (χ1) is 10.8. The van der Waals surface area contributed by atoms with Crippen molar-refractivity contribution in [3.05, 3.63) is 72.8 Å². The molecule has 3 rings (SSSR count). The van der Waals surface area contributed by atoms with Crippen LogP contribution in [0, 0.1) is 6.07 Å². The zero-order valence-corrected chi connectivity index (χ0v) is 12.7. The lowest BCUT2D eigenvalue weighted by Crippen LogP contribution is -1.86. The van der Waals surface area contributed by atoms with E-state index in [1.54, 1.807) is 14.2 Å². The maximum absolute atomic E-state index is 5.29. The molecule has 0 saturated carbocycles. The summed E-state index contributed by atoms with van der Waals surface area (Å²) >= 11 is 0. The van der Waals surface area contributed by atoms with E-state index in [1.807, 2.05) is 48.5 Å². The second-order valence-corrected chi connectivity index (χ2v) is 4.97. The summed E-state index contributed by atoms with van der Waals surface area (Å²) in [6.07, 6.45) is 0. The molecular formula is C20H17O2. The van der Waals surface area contributed by atoms with Crippen molar-refractivity contribution >= 4 is 0 Å². The molecule has 0 N–H and O–H groups in total. The summed E-state index contributed by atoms with van der Waals surface area (Å²) < 4.78 is 10.6. The van der Waals surface area contributed by atoms with Crippen LogP contribution in [0.3, 0.4) is 0 Å². The van der Waals surface area contributed by atoms with E-state index in [0.717, 1.165) is 33.8 Å². The standard InChI is InChI=1S/C20H17O2/c1-21-19-10-4-8-17(13-19)15-6-3-7-16(12-15)18-9-5-11-20(14-18)22-2/h4-14H,1-2H3. The molecule has 1 radical (unpaired) electrons. The van der Waals surface area contributed by atoms with Gasteiger partial charge in [0.25, 0.3) is 0 Å². The first kappa shape index (κ1) is 14.2. The van der Waals surface area contributed by atoms with Gasteiger partial charge in [0.2, 0.25) is 0 Å². The zero-order valence-electron chi connectivity index (χ0n) is 12.7. The van der Waals surface area contributed by atoms with E-state index in [-0.39, 0.29) is 0 Å². The van der Waals surface area contributed by atoms with Crippen LogP contribution in [-0.2, 0) is 0 Å². The fourth-order valence-electron chi connectivity index (χ4n) is 2.41. The average Bonchev–Trinajstić information content (AvgIpc) is 2.62. The molecule has 0 fully saturated rings. The highest BCUT2D eigenvalue weighted by atomic mass is 16.5. The molecule has 0 heterocycles. The summed E-state index contributed by atoms with van der Waals surface area (Å²) in [5, 5.41) is 0. The minimum atomic E-state index is 0.851. The third-order valence-corrected chi connectivity index (χ3v) is 3.59. The summed E-state index contributed by atoms with van der Waals surface area (Å²) in [5.74, 6) is 1.70. The van der Waals surface area contributed by atoms with E-state index in [9.17, 15) is 0 Å². The van der Waals surface area contributed by atoms with Gasteiger partial charge in [-0.05, 0) is 70.8 Å². The molecule has 22 heavy (non-hydrogen) atoms. The molecule has 109 valence electrons. The van der Waals surface area contributed by atoms with Crippen LogP contribution in [0.2, 0.25) is 0 Å². The number of methoxy groups -OCH3 is 2. The van der Waals surface area contributed by atoms with Gasteiger partial charge in [0.15, 0.2) is 0 Å². The minimum Gasteiger partial charge on any atom is -0.497 e. The number of ether oxygens (including phenoxy) is 2. The Morgan fingerprint density at radius 2 is 1.14 bits per heavy atom. The zero-order chi connectivity index (χ0) is 15.4. The van der Waals surface area contributed by atoms with Crippen LogP contribution in [0.25, 0.3) is 22.3 Å². The Labute approximate surface area is 131 Å². The van der Waals surface area contributed by atoms with Gasteiger partial charge in [0.05, 0.1) is 14.2 Å². The maximum atomic E-state index is 5.29. The summed E-state index contributed by atoms with van der Waals surface area (Å²) in [6.45, 7) is 0. The Bertz CT molecular complexity index is 715. The predicted octanol–water partition coefficient (Wildman–Crippen LogP) is 4.84. The third kappa shape index (κ3) is 2.96. The summed E-state index contributed by atoms with van der Waals surface area (Å²) in [7, 11) is 3.36. The van der Waals surface area contributed by atoms with Gasteiger partial charge < -0.3 is 9.47 Å². The summed E-state index contributed by atoms with van der Waals surface area (Å²) in [5.41, 5.74) is 4.44. The lowest BCUT2D eigenvalue weighted by Gasteiger charge is -2.08. The Kier molecular flexibility index (Phi) is 4.10. The Hall–Kier alpha value is -2.74. The van der Waals surface area contributed by atoms with Gasteiger partial charge in [-0.2, -0.15) is 0 Å². The lowest BCUT2D eigenvalue weighted by molar-refractivity contribution is 0.415. The molecule has 0 aliphatic rings. The molecule has 0 unspecified atom stereocenters. The monoisotopic (exact) mass is 289 g/mol. The van der Waals surface area contributed by atoms with Crippen molar-refractivity contribution in [2.45, 2.75) is 0 Å². The lowest BCUT2D eigenvalue weighted by atomic mass is 9.99. The van der Waals surface area contributed by atoms with Gasteiger partial charge in [0, 0.05) is 0 Å². The Balaban J connectivity index is 2.01. The second kappa shape index (κ2) is 6.35. The highest BCUT2D eigenvalue weighted by Gasteiger charge is 2.04. The van der Waals surface area contributed by atoms with Crippen LogP contribution in [0.1, 0.15) is 0 Å². The molecule has 0 aliphatic heterocycles. The Morgan fingerprint density at radius 1 is 0.636 bits per heavy atom. The van der Waals surface area contributed by atoms with Gasteiger partial charge in [-0.25, -0.2) is 0 Å². The molecule has 0 amide bonds. The number of rotatable bonds is 4. The van der Waals surface area contributed by atoms with Crippen LogP contribution in [0.4, 0.5) is 0 Å². The van der Waals surface area contributed by atoms with Crippen molar-refractivity contribution in [3.8, 4) is 33.8 Å². The van der Waals surface area contributed by atoms with Crippen molar-refractivity contribution < 1.29 is 9.47 Å². The Morgan fingerprint density at radius 3 is 1.59 bits per heavy atom. The van der Waals surface area contributed by atoms with E-state index in [4.69, 9.17) is 9.47 Å². The van der Waals surface area contributed by atoms with Crippen LogP contribution >= 0.6 is 0 Å². The minimum absolute atomic E-state index is 0.851. The quantitative estimate of drug-likeness (QED) is 0.684. The molecule has 2 heteroatoms. The normalized spacial score (nSPS) is 10.3. The van der Waals surface area contributed by atoms with Crippen molar-refractivity contribution in [1.82, 2.24) is 0 Å². The molecule has 0 spiro atoms. The van der Waals surface area contributed by atoms with Gasteiger partial charge in [-0.1, -0.05) is 24.3 Å².